The monoisotopic (exact) mass is 578 g/mol. The molecule has 0 amide bonds. The number of halogens is 3. The first-order chi connectivity index (χ1) is 14.3. The molecule has 5 heteroatoms. The second-order valence-electron chi connectivity index (χ2n) is 7.61. The molecule has 1 aliphatic carbocycles. The molecule has 3 aromatic rings. The Morgan fingerprint density at radius 1 is 0.800 bits per heavy atom. The van der Waals surface area contributed by atoms with Gasteiger partial charge < -0.3 is 0 Å². The fourth-order valence-electron chi connectivity index (χ4n) is 4.19. The molecule has 0 saturated carbocycles. The van der Waals surface area contributed by atoms with Gasteiger partial charge in [0.2, 0.25) is 0 Å². The summed E-state index contributed by atoms with van der Waals surface area (Å²) in [4.78, 5) is 0.988. The predicted molar refractivity (Wildman–Crippen MR) is 146 cm³/mol. The fraction of sp³-hybridized carbons (Fsp3) is 0.120. The first kappa shape index (κ1) is 22.4. The molecule has 0 nitrogen and oxygen atoms in total. The van der Waals surface area contributed by atoms with Crippen LogP contribution >= 0.6 is 61.0 Å². The van der Waals surface area contributed by atoms with Crippen LogP contribution in [-0.4, -0.2) is 9.95 Å². The van der Waals surface area contributed by atoms with E-state index in [2.05, 4.69) is 122 Å². The second kappa shape index (κ2) is 8.60. The number of alkyl halides is 2. The molecule has 0 fully saturated rings. The summed E-state index contributed by atoms with van der Waals surface area (Å²) in [6, 6.07) is 32.4. The Labute approximate surface area is 205 Å². The van der Waals surface area contributed by atoms with E-state index in [1.807, 2.05) is 12.2 Å². The van der Waals surface area contributed by atoms with Crippen molar-refractivity contribution >= 4 is 76.9 Å². The van der Waals surface area contributed by atoms with Crippen molar-refractivity contribution in [1.29, 1.82) is 0 Å². The van der Waals surface area contributed by atoms with Gasteiger partial charge in [0.05, 0.1) is 0 Å². The van der Waals surface area contributed by atoms with Crippen LogP contribution in [0.1, 0.15) is 6.42 Å². The summed E-state index contributed by atoms with van der Waals surface area (Å²) in [5, 5.41) is 0.830. The Kier molecular flexibility index (Phi) is 6.41. The van der Waals surface area contributed by atoms with Crippen molar-refractivity contribution in [2.24, 2.45) is 0 Å². The van der Waals surface area contributed by atoms with E-state index >= 15 is 0 Å². The molecular weight excluding hydrogens is 559 g/mol. The molecule has 30 heavy (non-hydrogen) atoms. The Bertz CT molecular complexity index is 996. The van der Waals surface area contributed by atoms with Gasteiger partial charge in [0.15, 0.2) is 0 Å². The van der Waals surface area contributed by atoms with Crippen LogP contribution in [0.25, 0.3) is 0 Å². The first-order valence-corrected chi connectivity index (χ1v) is 15.8. The molecule has 0 heterocycles. The predicted octanol–water partition coefficient (Wildman–Crippen LogP) is 7.30. The molecule has 0 bridgehead atoms. The van der Waals surface area contributed by atoms with Crippen LogP contribution in [0.15, 0.2) is 114 Å². The van der Waals surface area contributed by atoms with Crippen molar-refractivity contribution in [2.45, 2.75) is 10.2 Å². The van der Waals surface area contributed by atoms with E-state index in [0.717, 1.165) is 11.1 Å². The summed E-state index contributed by atoms with van der Waals surface area (Å²) < 4.78 is -0.583. The zero-order valence-corrected chi connectivity index (χ0v) is 22.0. The average Bonchev–Trinajstić information content (AvgIpc) is 2.78. The summed E-state index contributed by atoms with van der Waals surface area (Å²) in [5.41, 5.74) is 1.24. The summed E-state index contributed by atoms with van der Waals surface area (Å²) in [7, 11) is 0. The normalized spacial score (nSPS) is 20.6. The Hall–Kier alpha value is -0.830. The van der Waals surface area contributed by atoms with Gasteiger partial charge in [-0.1, -0.05) is 0 Å². The molecule has 0 saturated heterocycles. The number of allylic oxidation sites excluding steroid dienone is 3. The van der Waals surface area contributed by atoms with Crippen molar-refractivity contribution in [2.75, 3.05) is 6.16 Å². The third kappa shape index (κ3) is 4.00. The quantitative estimate of drug-likeness (QED) is 0.183. The average molecular weight is 581 g/mol. The van der Waals surface area contributed by atoms with E-state index in [1.54, 1.807) is 0 Å². The molecule has 0 aliphatic heterocycles. The van der Waals surface area contributed by atoms with Gasteiger partial charge in [-0.15, -0.1) is 0 Å². The number of benzene rings is 3. The molecule has 0 N–H and O–H groups in total. The number of hydrogen-bond acceptors (Lipinski definition) is 1. The van der Waals surface area contributed by atoms with Gasteiger partial charge in [-0.05, 0) is 0 Å². The SMILES string of the molecule is SC1=C(CP(Br)(c2ccccc2)(c2ccccc2)c2ccccc2)CC(Cl)(Br)C=C1. The van der Waals surface area contributed by atoms with Gasteiger partial charge >= 0.3 is 207 Å². The molecule has 1 unspecified atom stereocenters. The first-order valence-electron chi connectivity index (χ1n) is 9.71. The summed E-state index contributed by atoms with van der Waals surface area (Å²) in [6.07, 6.45) is 5.49. The number of thiol groups is 1. The molecule has 154 valence electrons. The van der Waals surface area contributed by atoms with Crippen LogP contribution in [-0.2, 0) is 0 Å². The van der Waals surface area contributed by atoms with E-state index in [-0.39, 0.29) is 0 Å². The van der Waals surface area contributed by atoms with Crippen molar-refractivity contribution < 1.29 is 0 Å². The maximum absolute atomic E-state index is 6.71. The molecule has 3 aromatic carbocycles. The van der Waals surface area contributed by atoms with Gasteiger partial charge in [0.1, 0.15) is 0 Å². The minimum absolute atomic E-state index is 0.583. The number of hydrogen-bond donors (Lipinski definition) is 1. The molecular formula is C25H22Br2ClPS. The van der Waals surface area contributed by atoms with E-state index in [4.69, 9.17) is 24.2 Å². The van der Waals surface area contributed by atoms with Crippen LogP contribution in [0.5, 0.6) is 0 Å². The van der Waals surface area contributed by atoms with Gasteiger partial charge in [-0.3, -0.25) is 0 Å². The molecule has 0 aromatic heterocycles. The zero-order chi connectivity index (χ0) is 21.3. The van der Waals surface area contributed by atoms with Crippen LogP contribution < -0.4 is 15.9 Å². The third-order valence-corrected chi connectivity index (χ3v) is 16.5. The van der Waals surface area contributed by atoms with Crippen LogP contribution in [0.2, 0.25) is 0 Å². The van der Waals surface area contributed by atoms with Gasteiger partial charge in [-0.2, -0.15) is 0 Å². The molecule has 0 spiro atoms. The van der Waals surface area contributed by atoms with E-state index in [1.165, 1.54) is 21.5 Å². The molecule has 0 radical (unpaired) electrons. The molecule has 1 atom stereocenters. The molecule has 4 rings (SSSR count). The summed E-state index contributed by atoms with van der Waals surface area (Å²) in [5.74, 6) is 0. The van der Waals surface area contributed by atoms with Crippen molar-refractivity contribution in [3.63, 3.8) is 0 Å². The van der Waals surface area contributed by atoms with Gasteiger partial charge in [-0.25, -0.2) is 0 Å². The second-order valence-corrected chi connectivity index (χ2v) is 19.6. The van der Waals surface area contributed by atoms with Crippen LogP contribution in [0, 0.1) is 0 Å². The topological polar surface area (TPSA) is 0 Å². The van der Waals surface area contributed by atoms with E-state index < -0.39 is 9.09 Å². The van der Waals surface area contributed by atoms with Crippen molar-refractivity contribution in [1.82, 2.24) is 0 Å². The van der Waals surface area contributed by atoms with E-state index in [0.29, 0.717) is 6.42 Å². The van der Waals surface area contributed by atoms with Gasteiger partial charge in [0, 0.05) is 0 Å². The summed E-state index contributed by atoms with van der Waals surface area (Å²) in [6.45, 7) is 0. The Morgan fingerprint density at radius 3 is 1.60 bits per heavy atom. The number of rotatable bonds is 5. The van der Waals surface area contributed by atoms with Crippen LogP contribution in [0.3, 0.4) is 0 Å². The van der Waals surface area contributed by atoms with Gasteiger partial charge in [0.25, 0.3) is 0 Å². The fourth-order valence-corrected chi connectivity index (χ4v) is 13.1. The van der Waals surface area contributed by atoms with E-state index in [9.17, 15) is 0 Å². The zero-order valence-electron chi connectivity index (χ0n) is 16.3. The Morgan fingerprint density at radius 2 is 1.20 bits per heavy atom. The summed E-state index contributed by atoms with van der Waals surface area (Å²) >= 11 is 19.7. The van der Waals surface area contributed by atoms with Crippen LogP contribution in [0.4, 0.5) is 0 Å². The standard InChI is InChI=1S/C25H22Br2ClPS/c26-25(28)17-16-24(30)20(18-25)19-29(27,21-10-4-1-5-11-21,22-12-6-2-7-13-22)23-14-8-3-9-15-23/h1-17,30H,18-19H2. The Balaban J connectivity index is 2.06. The van der Waals surface area contributed by atoms with Crippen molar-refractivity contribution in [3.8, 4) is 0 Å². The minimum atomic E-state index is -3.04. The van der Waals surface area contributed by atoms with Crippen molar-refractivity contribution in [3.05, 3.63) is 114 Å². The molecule has 1 aliphatic rings. The maximum atomic E-state index is 6.71. The third-order valence-electron chi connectivity index (χ3n) is 5.67.